The quantitative estimate of drug-likeness (QED) is 0.730. The number of methoxy groups -OCH3 is 1. The van der Waals surface area contributed by atoms with Crippen molar-refractivity contribution in [1.29, 1.82) is 0 Å². The molecule has 92 valence electrons. The average Bonchev–Trinajstić information content (AvgIpc) is 2.29. The highest BCUT2D eigenvalue weighted by molar-refractivity contribution is 5.67. The molecule has 2 aliphatic rings. The zero-order valence-electron chi connectivity index (χ0n) is 9.52. The lowest BCUT2D eigenvalue weighted by Gasteiger charge is -2.44. The molecule has 0 aromatic carbocycles. The predicted molar refractivity (Wildman–Crippen MR) is 57.0 cm³/mol. The molecule has 2 N–H and O–H groups in total. The van der Waals surface area contributed by atoms with E-state index in [0.29, 0.717) is 6.61 Å². The number of amides is 1. The van der Waals surface area contributed by atoms with E-state index in [-0.39, 0.29) is 24.2 Å². The first-order chi connectivity index (χ1) is 7.72. The van der Waals surface area contributed by atoms with Gasteiger partial charge in [-0.15, -0.1) is 0 Å². The van der Waals surface area contributed by atoms with Crippen LogP contribution in [-0.4, -0.2) is 43.2 Å². The molecule has 0 aromatic heterocycles. The van der Waals surface area contributed by atoms with Gasteiger partial charge in [0.25, 0.3) is 0 Å². The standard InChI is InChI=1S/C11H19NO4/c1-15-11(14)12-8-5-3-2-4-7(8)10-9(13)6-16-10/h7-10,13H,2-6H2,1H3,(H,12,14). The zero-order valence-corrected chi connectivity index (χ0v) is 9.52. The average molecular weight is 229 g/mol. The summed E-state index contributed by atoms with van der Waals surface area (Å²) in [6.45, 7) is 0.423. The third-order valence-electron chi connectivity index (χ3n) is 3.57. The molecule has 0 bridgehead atoms. The van der Waals surface area contributed by atoms with Crippen LogP contribution in [0.1, 0.15) is 25.7 Å². The molecule has 1 saturated heterocycles. The van der Waals surface area contributed by atoms with Crippen LogP contribution in [0, 0.1) is 5.92 Å². The number of alkyl carbamates (subject to hydrolysis) is 1. The second-order valence-corrected chi connectivity index (χ2v) is 4.56. The molecule has 0 spiro atoms. The summed E-state index contributed by atoms with van der Waals surface area (Å²) in [5, 5.41) is 12.4. The highest BCUT2D eigenvalue weighted by Gasteiger charge is 2.42. The van der Waals surface area contributed by atoms with E-state index in [1.165, 1.54) is 7.11 Å². The molecule has 0 radical (unpaired) electrons. The molecule has 1 aliphatic carbocycles. The van der Waals surface area contributed by atoms with Crippen molar-refractivity contribution < 1.29 is 19.4 Å². The van der Waals surface area contributed by atoms with E-state index in [2.05, 4.69) is 10.1 Å². The van der Waals surface area contributed by atoms with Gasteiger partial charge in [0.2, 0.25) is 0 Å². The van der Waals surface area contributed by atoms with Crippen LogP contribution in [0.5, 0.6) is 0 Å². The van der Waals surface area contributed by atoms with Gasteiger partial charge >= 0.3 is 6.09 Å². The lowest BCUT2D eigenvalue weighted by atomic mass is 9.78. The fourth-order valence-electron chi connectivity index (χ4n) is 2.64. The summed E-state index contributed by atoms with van der Waals surface area (Å²) in [5.74, 6) is 0.219. The van der Waals surface area contributed by atoms with Gasteiger partial charge in [0, 0.05) is 12.0 Å². The van der Waals surface area contributed by atoms with Gasteiger partial charge < -0.3 is 19.9 Å². The Morgan fingerprint density at radius 2 is 2.19 bits per heavy atom. The first-order valence-electron chi connectivity index (χ1n) is 5.86. The molecule has 1 amide bonds. The van der Waals surface area contributed by atoms with E-state index in [9.17, 15) is 9.90 Å². The van der Waals surface area contributed by atoms with Crippen molar-refractivity contribution in [3.05, 3.63) is 0 Å². The van der Waals surface area contributed by atoms with Gasteiger partial charge in [0.1, 0.15) is 6.10 Å². The number of rotatable bonds is 2. The Bertz CT molecular complexity index is 258. The smallest absolute Gasteiger partial charge is 0.407 e. The van der Waals surface area contributed by atoms with Gasteiger partial charge in [-0.25, -0.2) is 4.79 Å². The fourth-order valence-corrected chi connectivity index (χ4v) is 2.64. The molecule has 1 saturated carbocycles. The minimum atomic E-state index is -0.397. The van der Waals surface area contributed by atoms with Crippen molar-refractivity contribution >= 4 is 6.09 Å². The third-order valence-corrected chi connectivity index (χ3v) is 3.57. The van der Waals surface area contributed by atoms with Crippen LogP contribution in [0.4, 0.5) is 4.79 Å². The normalized spacial score (nSPS) is 38.6. The van der Waals surface area contributed by atoms with Crippen LogP contribution < -0.4 is 5.32 Å². The maximum absolute atomic E-state index is 11.2. The number of aliphatic hydroxyl groups excluding tert-OH is 1. The summed E-state index contributed by atoms with van der Waals surface area (Å²) >= 11 is 0. The van der Waals surface area contributed by atoms with Crippen molar-refractivity contribution in [2.75, 3.05) is 13.7 Å². The summed E-state index contributed by atoms with van der Waals surface area (Å²) in [6, 6.07) is 0.0705. The molecule has 0 aromatic rings. The summed E-state index contributed by atoms with van der Waals surface area (Å²) < 4.78 is 9.99. The van der Waals surface area contributed by atoms with Crippen molar-refractivity contribution in [1.82, 2.24) is 5.32 Å². The molecular formula is C11H19NO4. The van der Waals surface area contributed by atoms with Crippen LogP contribution in [0.25, 0.3) is 0 Å². The lowest BCUT2D eigenvalue weighted by Crippen LogP contribution is -2.56. The van der Waals surface area contributed by atoms with Gasteiger partial charge in [-0.1, -0.05) is 12.8 Å². The first-order valence-corrected chi connectivity index (χ1v) is 5.86. The molecule has 5 nitrogen and oxygen atoms in total. The molecule has 4 unspecified atom stereocenters. The number of ether oxygens (including phenoxy) is 2. The Balaban J connectivity index is 1.94. The summed E-state index contributed by atoms with van der Waals surface area (Å²) in [5.41, 5.74) is 0. The number of hydrogen-bond donors (Lipinski definition) is 2. The van der Waals surface area contributed by atoms with Crippen molar-refractivity contribution in [2.24, 2.45) is 5.92 Å². The van der Waals surface area contributed by atoms with Gasteiger partial charge in [0.15, 0.2) is 0 Å². The van der Waals surface area contributed by atoms with Crippen molar-refractivity contribution in [3.63, 3.8) is 0 Å². The van der Waals surface area contributed by atoms with E-state index in [1.54, 1.807) is 0 Å². The molecule has 16 heavy (non-hydrogen) atoms. The summed E-state index contributed by atoms with van der Waals surface area (Å²) in [4.78, 5) is 11.2. The Labute approximate surface area is 95.1 Å². The minimum Gasteiger partial charge on any atom is -0.453 e. The highest BCUT2D eigenvalue weighted by atomic mass is 16.5. The van der Waals surface area contributed by atoms with Crippen LogP contribution in [0.2, 0.25) is 0 Å². The minimum absolute atomic E-state index is 0.0705. The van der Waals surface area contributed by atoms with E-state index < -0.39 is 6.09 Å². The molecule has 2 fully saturated rings. The van der Waals surface area contributed by atoms with E-state index in [4.69, 9.17) is 4.74 Å². The van der Waals surface area contributed by atoms with E-state index in [0.717, 1.165) is 25.7 Å². The SMILES string of the molecule is COC(=O)NC1CCCCC1C1OCC1O. The second-order valence-electron chi connectivity index (χ2n) is 4.56. The predicted octanol–water partition coefficient (Wildman–Crippen LogP) is 0.661. The van der Waals surface area contributed by atoms with Crippen LogP contribution in [0.3, 0.4) is 0 Å². The maximum atomic E-state index is 11.2. The van der Waals surface area contributed by atoms with Crippen LogP contribution >= 0.6 is 0 Å². The number of hydrogen-bond acceptors (Lipinski definition) is 4. The van der Waals surface area contributed by atoms with E-state index >= 15 is 0 Å². The summed E-state index contributed by atoms with van der Waals surface area (Å²) in [6.07, 6.45) is 3.30. The molecule has 1 aliphatic heterocycles. The molecule has 1 heterocycles. The lowest BCUT2D eigenvalue weighted by molar-refractivity contribution is -0.192. The Kier molecular flexibility index (Phi) is 3.66. The molecular weight excluding hydrogens is 210 g/mol. The zero-order chi connectivity index (χ0) is 11.5. The first kappa shape index (κ1) is 11.7. The van der Waals surface area contributed by atoms with Crippen LogP contribution in [0.15, 0.2) is 0 Å². The van der Waals surface area contributed by atoms with E-state index in [1.807, 2.05) is 0 Å². The van der Waals surface area contributed by atoms with Gasteiger partial charge in [-0.05, 0) is 12.8 Å². The Hall–Kier alpha value is -0.810. The number of aliphatic hydroxyl groups is 1. The van der Waals surface area contributed by atoms with Gasteiger partial charge in [-0.2, -0.15) is 0 Å². The topological polar surface area (TPSA) is 67.8 Å². The number of nitrogens with one attached hydrogen (secondary N) is 1. The van der Waals surface area contributed by atoms with Gasteiger partial charge in [-0.3, -0.25) is 0 Å². The molecule has 2 rings (SSSR count). The maximum Gasteiger partial charge on any atom is 0.407 e. The molecule has 5 heteroatoms. The highest BCUT2D eigenvalue weighted by Crippen LogP contribution is 2.33. The van der Waals surface area contributed by atoms with Crippen LogP contribution in [-0.2, 0) is 9.47 Å². The number of carbonyl (C=O) groups is 1. The second kappa shape index (κ2) is 5.01. The third kappa shape index (κ3) is 2.30. The summed E-state index contributed by atoms with van der Waals surface area (Å²) in [7, 11) is 1.36. The Morgan fingerprint density at radius 1 is 1.44 bits per heavy atom. The van der Waals surface area contributed by atoms with Crippen molar-refractivity contribution in [2.45, 2.75) is 43.9 Å². The van der Waals surface area contributed by atoms with Crippen molar-refractivity contribution in [3.8, 4) is 0 Å². The Morgan fingerprint density at radius 3 is 2.75 bits per heavy atom. The monoisotopic (exact) mass is 229 g/mol. The fraction of sp³-hybridized carbons (Fsp3) is 0.909. The van der Waals surface area contributed by atoms with Gasteiger partial charge in [0.05, 0.1) is 19.8 Å². The molecule has 4 atom stereocenters. The largest absolute Gasteiger partial charge is 0.453 e. The number of carbonyl (C=O) groups excluding carboxylic acids is 1.